The molecule has 0 bridgehead atoms. The summed E-state index contributed by atoms with van der Waals surface area (Å²) in [5.74, 6) is 1.05. The SMILES string of the molecule is COc1ccc(-c2nnc3c4ccccc4n(Cc4ccccc4F)cc2-3)cc1OC. The Kier molecular flexibility index (Phi) is 4.75. The molecule has 0 N–H and O–H groups in total. The predicted molar refractivity (Wildman–Crippen MR) is 118 cm³/mol. The van der Waals surface area contributed by atoms with E-state index in [1.54, 1.807) is 26.4 Å². The van der Waals surface area contributed by atoms with Gasteiger partial charge in [0.15, 0.2) is 11.5 Å². The van der Waals surface area contributed by atoms with E-state index in [1.165, 1.54) is 6.07 Å². The number of pyridine rings is 1. The summed E-state index contributed by atoms with van der Waals surface area (Å²) in [4.78, 5) is 0. The summed E-state index contributed by atoms with van der Waals surface area (Å²) in [6.07, 6.45) is 2.00. The van der Waals surface area contributed by atoms with Gasteiger partial charge in [-0.15, -0.1) is 10.2 Å². The van der Waals surface area contributed by atoms with Gasteiger partial charge < -0.3 is 14.0 Å². The number of nitrogens with zero attached hydrogens (tertiary/aromatic N) is 3. The Morgan fingerprint density at radius 1 is 0.839 bits per heavy atom. The lowest BCUT2D eigenvalue weighted by Crippen LogP contribution is -2.05. The maximum absolute atomic E-state index is 14.4. The molecule has 2 aliphatic heterocycles. The van der Waals surface area contributed by atoms with Crippen LogP contribution in [-0.4, -0.2) is 29.0 Å². The van der Waals surface area contributed by atoms with Crippen LogP contribution in [0.15, 0.2) is 72.9 Å². The van der Waals surface area contributed by atoms with Crippen LogP contribution in [0.2, 0.25) is 0 Å². The fraction of sp³-hybridized carbons (Fsp3) is 0.120. The molecule has 5 rings (SSSR count). The van der Waals surface area contributed by atoms with Gasteiger partial charge in [-0.2, -0.15) is 0 Å². The standard InChI is InChI=1S/C25H20FN3O2/c1-30-22-12-11-16(13-23(22)31-2)24-19-15-29(14-17-7-3-5-9-20(17)26)21-10-6-4-8-18(21)25(19)28-27-24/h3-13,15H,14H2,1-2H3. The summed E-state index contributed by atoms with van der Waals surface area (Å²) < 4.78 is 27.2. The number of benzene rings is 3. The highest BCUT2D eigenvalue weighted by Gasteiger charge is 2.21. The van der Waals surface area contributed by atoms with E-state index in [1.807, 2.05) is 59.3 Å². The number of hydrogen-bond donors (Lipinski definition) is 0. The van der Waals surface area contributed by atoms with Gasteiger partial charge in [0.2, 0.25) is 0 Å². The van der Waals surface area contributed by atoms with Gasteiger partial charge in [0.05, 0.1) is 26.3 Å². The first-order valence-corrected chi connectivity index (χ1v) is 9.89. The molecule has 3 aromatic rings. The van der Waals surface area contributed by atoms with Crippen LogP contribution in [0.5, 0.6) is 11.5 Å². The second-order valence-corrected chi connectivity index (χ2v) is 7.25. The van der Waals surface area contributed by atoms with Gasteiger partial charge in [0, 0.05) is 28.3 Å². The number of rotatable bonds is 5. The van der Waals surface area contributed by atoms with E-state index in [4.69, 9.17) is 9.47 Å². The van der Waals surface area contributed by atoms with Crippen LogP contribution >= 0.6 is 0 Å². The molecule has 2 heterocycles. The predicted octanol–water partition coefficient (Wildman–Crippen LogP) is 5.41. The Hall–Kier alpha value is -3.93. The van der Waals surface area contributed by atoms with Crippen molar-refractivity contribution in [3.05, 3.63) is 84.3 Å². The molecule has 31 heavy (non-hydrogen) atoms. The highest BCUT2D eigenvalue weighted by molar-refractivity contribution is 5.98. The zero-order valence-electron chi connectivity index (χ0n) is 17.2. The fourth-order valence-electron chi connectivity index (χ4n) is 3.93. The Labute approximate surface area is 179 Å². The van der Waals surface area contributed by atoms with Gasteiger partial charge in [-0.3, -0.25) is 0 Å². The van der Waals surface area contributed by atoms with Crippen LogP contribution in [0.25, 0.3) is 33.4 Å². The van der Waals surface area contributed by atoms with Crippen molar-refractivity contribution in [3.8, 4) is 34.0 Å². The first-order valence-electron chi connectivity index (χ1n) is 9.89. The maximum Gasteiger partial charge on any atom is 0.161 e. The summed E-state index contributed by atoms with van der Waals surface area (Å²) >= 11 is 0. The molecule has 2 aliphatic rings. The van der Waals surface area contributed by atoms with Gasteiger partial charge >= 0.3 is 0 Å². The summed E-state index contributed by atoms with van der Waals surface area (Å²) in [5, 5.41) is 9.92. The highest BCUT2D eigenvalue weighted by Crippen LogP contribution is 2.39. The minimum atomic E-state index is -0.224. The third-order valence-corrected chi connectivity index (χ3v) is 5.47. The molecule has 0 radical (unpaired) electrons. The van der Waals surface area contributed by atoms with Crippen molar-refractivity contribution >= 4 is 10.9 Å². The van der Waals surface area contributed by atoms with E-state index in [2.05, 4.69) is 10.2 Å². The first kappa shape index (κ1) is 19.1. The van der Waals surface area contributed by atoms with Gasteiger partial charge in [-0.05, 0) is 30.3 Å². The van der Waals surface area contributed by atoms with Crippen LogP contribution in [0, 0.1) is 5.82 Å². The van der Waals surface area contributed by atoms with Gasteiger partial charge in [0.25, 0.3) is 0 Å². The third-order valence-electron chi connectivity index (χ3n) is 5.47. The maximum atomic E-state index is 14.4. The van der Waals surface area contributed by atoms with Gasteiger partial charge in [-0.25, -0.2) is 4.39 Å². The molecule has 0 saturated heterocycles. The Morgan fingerprint density at radius 3 is 2.39 bits per heavy atom. The highest BCUT2D eigenvalue weighted by atomic mass is 19.1. The molecule has 0 aromatic heterocycles. The monoisotopic (exact) mass is 413 g/mol. The third kappa shape index (κ3) is 3.26. The smallest absolute Gasteiger partial charge is 0.161 e. The first-order chi connectivity index (χ1) is 15.2. The van der Waals surface area contributed by atoms with E-state index < -0.39 is 0 Å². The van der Waals surface area contributed by atoms with Crippen LogP contribution in [0.1, 0.15) is 5.56 Å². The molecule has 0 aliphatic carbocycles. The Bertz CT molecular complexity index is 1360. The second-order valence-electron chi connectivity index (χ2n) is 7.25. The van der Waals surface area contributed by atoms with Crippen molar-refractivity contribution in [1.29, 1.82) is 0 Å². The number of hydrogen-bond acceptors (Lipinski definition) is 4. The lowest BCUT2D eigenvalue weighted by molar-refractivity contribution is 0.355. The molecule has 154 valence electrons. The molecule has 0 amide bonds. The topological polar surface area (TPSA) is 49.2 Å². The number of para-hydroxylation sites is 1. The minimum absolute atomic E-state index is 0.224. The van der Waals surface area contributed by atoms with E-state index in [9.17, 15) is 4.39 Å². The number of aromatic nitrogens is 3. The zero-order valence-corrected chi connectivity index (χ0v) is 17.2. The van der Waals surface area contributed by atoms with Crippen molar-refractivity contribution in [1.82, 2.24) is 14.8 Å². The van der Waals surface area contributed by atoms with Crippen LogP contribution < -0.4 is 9.47 Å². The molecule has 5 nitrogen and oxygen atoms in total. The van der Waals surface area contributed by atoms with Crippen molar-refractivity contribution in [2.24, 2.45) is 0 Å². The van der Waals surface area contributed by atoms with Crippen LogP contribution in [0.4, 0.5) is 4.39 Å². The van der Waals surface area contributed by atoms with Crippen molar-refractivity contribution in [3.63, 3.8) is 0 Å². The largest absolute Gasteiger partial charge is 0.493 e. The summed E-state index contributed by atoms with van der Waals surface area (Å²) in [7, 11) is 3.21. The normalized spacial score (nSPS) is 11.2. The van der Waals surface area contributed by atoms with Crippen molar-refractivity contribution < 1.29 is 13.9 Å². The molecular weight excluding hydrogens is 393 g/mol. The summed E-state index contributed by atoms with van der Waals surface area (Å²) in [5.41, 5.74) is 4.90. The Balaban J connectivity index is 1.71. The average molecular weight is 413 g/mol. The quantitative estimate of drug-likeness (QED) is 0.387. The molecule has 3 aromatic carbocycles. The van der Waals surface area contributed by atoms with Gasteiger partial charge in [0.1, 0.15) is 17.2 Å². The number of ether oxygens (including phenoxy) is 2. The molecule has 0 spiro atoms. The molecule has 0 fully saturated rings. The van der Waals surface area contributed by atoms with E-state index >= 15 is 0 Å². The van der Waals surface area contributed by atoms with Crippen molar-refractivity contribution in [2.75, 3.05) is 14.2 Å². The van der Waals surface area contributed by atoms with Gasteiger partial charge in [-0.1, -0.05) is 36.4 Å². The fourth-order valence-corrected chi connectivity index (χ4v) is 3.93. The Morgan fingerprint density at radius 2 is 1.58 bits per heavy atom. The van der Waals surface area contributed by atoms with E-state index in [0.29, 0.717) is 23.6 Å². The lowest BCUT2D eigenvalue weighted by atomic mass is 10.0. The summed E-state index contributed by atoms with van der Waals surface area (Å²) in [6, 6.07) is 20.5. The average Bonchev–Trinajstić information content (AvgIpc) is 3.24. The number of fused-ring (bicyclic) bond motifs is 3. The second kappa shape index (κ2) is 7.72. The summed E-state index contributed by atoms with van der Waals surface area (Å²) in [6.45, 7) is 0.402. The van der Waals surface area contributed by atoms with Crippen molar-refractivity contribution in [2.45, 2.75) is 6.54 Å². The number of methoxy groups -OCH3 is 2. The number of halogens is 1. The lowest BCUT2D eigenvalue weighted by Gasteiger charge is -2.16. The minimum Gasteiger partial charge on any atom is -0.493 e. The van der Waals surface area contributed by atoms with E-state index in [0.717, 1.165) is 33.4 Å². The molecular formula is C25H20FN3O2. The molecule has 0 atom stereocenters. The molecule has 0 unspecified atom stereocenters. The molecule has 6 heteroatoms. The molecule has 0 saturated carbocycles. The zero-order chi connectivity index (χ0) is 21.4. The van der Waals surface area contributed by atoms with E-state index in [-0.39, 0.29) is 5.82 Å². The van der Waals surface area contributed by atoms with Crippen LogP contribution in [-0.2, 0) is 6.54 Å². The van der Waals surface area contributed by atoms with Crippen LogP contribution in [0.3, 0.4) is 0 Å².